The lowest BCUT2D eigenvalue weighted by Gasteiger charge is -2.34. The van der Waals surface area contributed by atoms with Crippen molar-refractivity contribution in [3.63, 3.8) is 0 Å². The number of carbonyl (C=O) groups excluding carboxylic acids is 2. The molecule has 2 rings (SSSR count). The average molecular weight is 290 g/mol. The van der Waals surface area contributed by atoms with Gasteiger partial charge in [0.15, 0.2) is 5.84 Å². The van der Waals surface area contributed by atoms with Crippen LogP contribution >= 0.6 is 0 Å². The molecule has 0 aliphatic carbocycles. The van der Waals surface area contributed by atoms with Crippen LogP contribution in [-0.4, -0.2) is 46.9 Å². The maximum absolute atomic E-state index is 12.5. The van der Waals surface area contributed by atoms with Gasteiger partial charge in [-0.25, -0.2) is 0 Å². The van der Waals surface area contributed by atoms with Gasteiger partial charge >= 0.3 is 0 Å². The molecular weight excluding hydrogens is 272 g/mol. The van der Waals surface area contributed by atoms with Crippen LogP contribution in [0.3, 0.4) is 0 Å². The second-order valence-corrected chi connectivity index (χ2v) is 4.78. The first-order chi connectivity index (χ1) is 10.1. The van der Waals surface area contributed by atoms with E-state index in [9.17, 15) is 9.59 Å². The Labute approximate surface area is 122 Å². The van der Waals surface area contributed by atoms with Crippen molar-refractivity contribution in [3.8, 4) is 0 Å². The monoisotopic (exact) mass is 290 g/mol. The van der Waals surface area contributed by atoms with Crippen molar-refractivity contribution >= 4 is 17.6 Å². The molecule has 0 saturated carbocycles. The zero-order valence-electron chi connectivity index (χ0n) is 11.7. The predicted octanol–water partition coefficient (Wildman–Crippen LogP) is 0.132. The Hall–Kier alpha value is -2.57. The smallest absolute Gasteiger partial charge is 0.254 e. The van der Waals surface area contributed by atoms with Crippen molar-refractivity contribution < 1.29 is 14.8 Å². The van der Waals surface area contributed by atoms with Crippen LogP contribution < -0.4 is 11.1 Å². The Morgan fingerprint density at radius 3 is 2.62 bits per heavy atom. The molecule has 7 nitrogen and oxygen atoms in total. The number of benzene rings is 1. The number of hydrogen-bond donors (Lipinski definition) is 3. The second-order valence-electron chi connectivity index (χ2n) is 4.78. The number of carbonyl (C=O) groups is 2. The van der Waals surface area contributed by atoms with Crippen molar-refractivity contribution in [2.24, 2.45) is 10.9 Å². The Morgan fingerprint density at radius 2 is 2.05 bits per heavy atom. The summed E-state index contributed by atoms with van der Waals surface area (Å²) in [7, 11) is 0. The summed E-state index contributed by atoms with van der Waals surface area (Å²) in [6.07, 6.45) is 0.569. The number of nitrogens with one attached hydrogen (secondary N) is 1. The first-order valence-electron chi connectivity index (χ1n) is 6.75. The molecule has 1 heterocycles. The van der Waals surface area contributed by atoms with E-state index in [0.29, 0.717) is 30.6 Å². The third-order valence-corrected chi connectivity index (χ3v) is 3.51. The highest BCUT2D eigenvalue weighted by Gasteiger charge is 2.31. The Bertz CT molecular complexity index is 568. The summed E-state index contributed by atoms with van der Waals surface area (Å²) in [6, 6.07) is 5.99. The van der Waals surface area contributed by atoms with Gasteiger partial charge < -0.3 is 21.2 Å². The predicted molar refractivity (Wildman–Crippen MR) is 77.1 cm³/mol. The van der Waals surface area contributed by atoms with E-state index in [0.717, 1.165) is 0 Å². The summed E-state index contributed by atoms with van der Waals surface area (Å²) < 4.78 is 0. The fourth-order valence-corrected chi connectivity index (χ4v) is 2.37. The van der Waals surface area contributed by atoms with E-state index in [1.54, 1.807) is 29.2 Å². The normalized spacial score (nSPS) is 19.3. The molecule has 1 aliphatic rings. The number of amides is 2. The van der Waals surface area contributed by atoms with Gasteiger partial charge in [-0.3, -0.25) is 9.59 Å². The number of nitrogens with zero attached hydrogens (tertiary/aromatic N) is 2. The van der Waals surface area contributed by atoms with Gasteiger partial charge in [-0.2, -0.15) is 0 Å². The highest BCUT2D eigenvalue weighted by atomic mass is 16.4. The number of piperazine rings is 1. The Morgan fingerprint density at radius 1 is 1.43 bits per heavy atom. The van der Waals surface area contributed by atoms with Crippen LogP contribution in [0.15, 0.2) is 29.4 Å². The van der Waals surface area contributed by atoms with Crippen molar-refractivity contribution in [1.29, 1.82) is 0 Å². The number of hydrogen-bond acceptors (Lipinski definition) is 4. The van der Waals surface area contributed by atoms with Gasteiger partial charge in [0.2, 0.25) is 5.91 Å². The summed E-state index contributed by atoms with van der Waals surface area (Å²) >= 11 is 0. The van der Waals surface area contributed by atoms with E-state index in [4.69, 9.17) is 10.9 Å². The minimum atomic E-state index is -0.435. The average Bonchev–Trinajstić information content (AvgIpc) is 2.53. The maximum Gasteiger partial charge on any atom is 0.254 e. The molecular formula is C14H18N4O3. The molecule has 0 aromatic heterocycles. The van der Waals surface area contributed by atoms with Crippen LogP contribution in [0.4, 0.5) is 0 Å². The maximum atomic E-state index is 12.5. The lowest BCUT2D eigenvalue weighted by Crippen LogP contribution is -2.56. The molecule has 0 bridgehead atoms. The number of nitrogens with two attached hydrogens (primary N) is 1. The number of oxime groups is 1. The van der Waals surface area contributed by atoms with Crippen LogP contribution in [0.25, 0.3) is 0 Å². The molecule has 7 heteroatoms. The molecule has 1 unspecified atom stereocenters. The van der Waals surface area contributed by atoms with Crippen molar-refractivity contribution in [1.82, 2.24) is 10.2 Å². The van der Waals surface area contributed by atoms with Crippen molar-refractivity contribution in [2.75, 3.05) is 13.1 Å². The number of amidine groups is 1. The van der Waals surface area contributed by atoms with Crippen LogP contribution in [0, 0.1) is 0 Å². The van der Waals surface area contributed by atoms with E-state index >= 15 is 0 Å². The number of rotatable bonds is 3. The van der Waals surface area contributed by atoms with E-state index in [-0.39, 0.29) is 17.6 Å². The van der Waals surface area contributed by atoms with Gasteiger partial charge in [-0.15, -0.1) is 0 Å². The van der Waals surface area contributed by atoms with Crippen molar-refractivity contribution in [3.05, 3.63) is 35.4 Å². The SMILES string of the molecule is CCC1C(=O)NCCN1C(=O)c1ccc(C(N)=NO)cc1. The zero-order chi connectivity index (χ0) is 15.4. The van der Waals surface area contributed by atoms with Gasteiger partial charge in [-0.1, -0.05) is 24.2 Å². The second kappa shape index (κ2) is 6.25. The van der Waals surface area contributed by atoms with Crippen LogP contribution in [0.2, 0.25) is 0 Å². The van der Waals surface area contributed by atoms with E-state index < -0.39 is 6.04 Å². The quantitative estimate of drug-likeness (QED) is 0.318. The Balaban J connectivity index is 2.21. The molecule has 0 spiro atoms. The summed E-state index contributed by atoms with van der Waals surface area (Å²) in [5.74, 6) is -0.328. The van der Waals surface area contributed by atoms with Crippen LogP contribution in [-0.2, 0) is 4.79 Å². The molecule has 1 aliphatic heterocycles. The molecule has 1 saturated heterocycles. The first-order valence-corrected chi connectivity index (χ1v) is 6.75. The minimum Gasteiger partial charge on any atom is -0.409 e. The van der Waals surface area contributed by atoms with E-state index in [1.165, 1.54) is 0 Å². The third kappa shape index (κ3) is 2.96. The summed E-state index contributed by atoms with van der Waals surface area (Å²) in [5.41, 5.74) is 6.47. The van der Waals surface area contributed by atoms with Crippen molar-refractivity contribution in [2.45, 2.75) is 19.4 Å². The fourth-order valence-electron chi connectivity index (χ4n) is 2.37. The summed E-state index contributed by atoms with van der Waals surface area (Å²) in [6.45, 7) is 2.83. The lowest BCUT2D eigenvalue weighted by molar-refractivity contribution is -0.127. The highest BCUT2D eigenvalue weighted by Crippen LogP contribution is 2.14. The van der Waals surface area contributed by atoms with Crippen LogP contribution in [0.5, 0.6) is 0 Å². The van der Waals surface area contributed by atoms with Gasteiger partial charge in [0, 0.05) is 24.2 Å². The fraction of sp³-hybridized carbons (Fsp3) is 0.357. The zero-order valence-corrected chi connectivity index (χ0v) is 11.7. The molecule has 1 aromatic carbocycles. The van der Waals surface area contributed by atoms with E-state index in [1.807, 2.05) is 6.92 Å². The Kier molecular flexibility index (Phi) is 4.42. The van der Waals surface area contributed by atoms with Gasteiger partial charge in [0.1, 0.15) is 6.04 Å². The minimum absolute atomic E-state index is 0.0159. The molecule has 0 radical (unpaired) electrons. The molecule has 1 atom stereocenters. The van der Waals surface area contributed by atoms with Gasteiger partial charge in [-0.05, 0) is 18.6 Å². The molecule has 2 amide bonds. The van der Waals surface area contributed by atoms with Gasteiger partial charge in [0.25, 0.3) is 5.91 Å². The molecule has 1 fully saturated rings. The molecule has 21 heavy (non-hydrogen) atoms. The molecule has 4 N–H and O–H groups in total. The van der Waals surface area contributed by atoms with Crippen LogP contribution in [0.1, 0.15) is 29.3 Å². The first kappa shape index (κ1) is 14.8. The topological polar surface area (TPSA) is 108 Å². The summed E-state index contributed by atoms with van der Waals surface area (Å²) in [5, 5.41) is 14.3. The molecule has 112 valence electrons. The highest BCUT2D eigenvalue weighted by molar-refractivity contribution is 6.00. The van der Waals surface area contributed by atoms with E-state index in [2.05, 4.69) is 10.5 Å². The lowest BCUT2D eigenvalue weighted by atomic mass is 10.1. The van der Waals surface area contributed by atoms with Gasteiger partial charge in [0.05, 0.1) is 0 Å². The molecule has 1 aromatic rings. The summed E-state index contributed by atoms with van der Waals surface area (Å²) in [4.78, 5) is 25.9. The standard InChI is InChI=1S/C14H18N4O3/c1-2-11-13(19)16-7-8-18(11)14(20)10-5-3-9(4-6-10)12(15)17-21/h3-6,11,21H,2,7-8H2,1H3,(H2,15,17)(H,16,19). The third-order valence-electron chi connectivity index (χ3n) is 3.51. The largest absolute Gasteiger partial charge is 0.409 e.